The Morgan fingerprint density at radius 1 is 1.09 bits per heavy atom. The van der Waals surface area contributed by atoms with Crippen molar-refractivity contribution in [3.63, 3.8) is 0 Å². The molecule has 2 bridgehead atoms. The van der Waals surface area contributed by atoms with Crippen molar-refractivity contribution in [1.29, 1.82) is 0 Å². The number of anilines is 1. The van der Waals surface area contributed by atoms with Gasteiger partial charge in [-0.25, -0.2) is 13.2 Å². The van der Waals surface area contributed by atoms with E-state index in [0.29, 0.717) is 48.4 Å². The normalized spacial score (nSPS) is 25.7. The number of fused-ring (bicyclic) bond motifs is 5. The molecule has 11 heteroatoms. The molecular weight excluding hydrogens is 595 g/mol. The maximum atomic E-state index is 17.0. The monoisotopic (exact) mass is 629 g/mol. The third-order valence-electron chi connectivity index (χ3n) is 10.3. The van der Waals surface area contributed by atoms with Gasteiger partial charge in [-0.3, -0.25) is 4.90 Å². The van der Waals surface area contributed by atoms with E-state index in [1.807, 2.05) is 0 Å². The molecule has 4 aliphatic rings. The Morgan fingerprint density at radius 2 is 1.89 bits per heavy atom. The van der Waals surface area contributed by atoms with E-state index < -0.39 is 23.3 Å². The van der Waals surface area contributed by atoms with Crippen LogP contribution in [0.4, 0.5) is 19.0 Å². The van der Waals surface area contributed by atoms with E-state index in [1.54, 1.807) is 0 Å². The maximum absolute atomic E-state index is 17.0. The van der Waals surface area contributed by atoms with Gasteiger partial charge in [-0.1, -0.05) is 12.0 Å². The van der Waals surface area contributed by atoms with Gasteiger partial charge in [-0.05, 0) is 67.4 Å². The van der Waals surface area contributed by atoms with Crippen molar-refractivity contribution < 1.29 is 27.8 Å². The predicted molar refractivity (Wildman–Crippen MR) is 169 cm³/mol. The van der Waals surface area contributed by atoms with Gasteiger partial charge in [0.05, 0.1) is 23.6 Å². The summed E-state index contributed by atoms with van der Waals surface area (Å²) in [5.74, 6) is 1.71. The highest BCUT2D eigenvalue weighted by atomic mass is 19.1. The molecule has 0 aliphatic carbocycles. The summed E-state index contributed by atoms with van der Waals surface area (Å²) in [4.78, 5) is 13.7. The standard InChI is InChI=1S/C35H34F3N5O3/c1-3-24-27(37)8-5-19-11-23(44)12-25(29(19)24)26-13-28(45-2)30-32(31(26)38)40-34(41-33(30)42-16-21-6-7-22(17-42)39-21)46-18-35-9-4-10-43(35)15-20(36)14-35/h1,5,8,11-13,20-22,39,44H,4,6-7,9-10,14-18H2,2H3/t20-,21?,22?,35+/m1/s1. The lowest BCUT2D eigenvalue weighted by Gasteiger charge is -2.35. The lowest BCUT2D eigenvalue weighted by Crippen LogP contribution is -2.51. The van der Waals surface area contributed by atoms with Crippen LogP contribution in [0.15, 0.2) is 30.3 Å². The molecule has 4 atom stereocenters. The summed E-state index contributed by atoms with van der Waals surface area (Å²) in [6.45, 7) is 2.70. The summed E-state index contributed by atoms with van der Waals surface area (Å²) < 4.78 is 58.6. The van der Waals surface area contributed by atoms with Gasteiger partial charge in [0.1, 0.15) is 41.4 Å². The first-order valence-corrected chi connectivity index (χ1v) is 15.8. The average Bonchev–Trinajstić information content (AvgIpc) is 3.70. The molecule has 4 saturated heterocycles. The van der Waals surface area contributed by atoms with Gasteiger partial charge in [0.2, 0.25) is 0 Å². The van der Waals surface area contributed by atoms with Gasteiger partial charge in [-0.15, -0.1) is 6.42 Å². The smallest absolute Gasteiger partial charge is 0.319 e. The number of halogens is 3. The van der Waals surface area contributed by atoms with Crippen molar-refractivity contribution in [2.24, 2.45) is 0 Å². The van der Waals surface area contributed by atoms with E-state index in [0.717, 1.165) is 32.2 Å². The highest BCUT2D eigenvalue weighted by molar-refractivity contribution is 6.05. The number of nitrogens with one attached hydrogen (secondary N) is 1. The van der Waals surface area contributed by atoms with Crippen LogP contribution in [-0.4, -0.2) is 83.7 Å². The highest BCUT2D eigenvalue weighted by Crippen LogP contribution is 2.45. The number of terminal acetylenes is 1. The molecule has 3 aromatic carbocycles. The molecule has 0 saturated carbocycles. The topological polar surface area (TPSA) is 83.0 Å². The van der Waals surface area contributed by atoms with Crippen LogP contribution in [0.25, 0.3) is 32.8 Å². The molecule has 8 nitrogen and oxygen atoms in total. The number of rotatable bonds is 6. The number of aromatic nitrogens is 2. The molecule has 46 heavy (non-hydrogen) atoms. The van der Waals surface area contributed by atoms with E-state index in [2.05, 4.69) is 26.0 Å². The zero-order chi connectivity index (χ0) is 31.7. The zero-order valence-corrected chi connectivity index (χ0v) is 25.5. The quantitative estimate of drug-likeness (QED) is 0.278. The number of phenols is 1. The Balaban J connectivity index is 1.32. The molecule has 2 N–H and O–H groups in total. The Morgan fingerprint density at radius 3 is 2.65 bits per heavy atom. The number of nitrogens with zero attached hydrogens (tertiary/aromatic N) is 4. The molecule has 5 heterocycles. The first kappa shape index (κ1) is 29.2. The number of methoxy groups -OCH3 is 1. The minimum absolute atomic E-state index is 0.00820. The summed E-state index contributed by atoms with van der Waals surface area (Å²) >= 11 is 0. The lowest BCUT2D eigenvalue weighted by atomic mass is 9.92. The van der Waals surface area contributed by atoms with E-state index in [9.17, 15) is 13.9 Å². The van der Waals surface area contributed by atoms with E-state index in [-0.39, 0.29) is 58.0 Å². The van der Waals surface area contributed by atoms with Crippen LogP contribution in [0.5, 0.6) is 17.5 Å². The maximum Gasteiger partial charge on any atom is 0.319 e. The summed E-state index contributed by atoms with van der Waals surface area (Å²) in [5, 5.41) is 15.4. The molecule has 238 valence electrons. The second-order valence-electron chi connectivity index (χ2n) is 13.1. The van der Waals surface area contributed by atoms with Crippen LogP contribution in [0.3, 0.4) is 0 Å². The van der Waals surface area contributed by atoms with E-state index >= 15 is 4.39 Å². The zero-order valence-electron chi connectivity index (χ0n) is 25.5. The third kappa shape index (κ3) is 4.61. The Kier molecular flexibility index (Phi) is 6.92. The van der Waals surface area contributed by atoms with Crippen LogP contribution >= 0.6 is 0 Å². The predicted octanol–water partition coefficient (Wildman–Crippen LogP) is 5.32. The van der Waals surface area contributed by atoms with Crippen molar-refractivity contribution in [3.05, 3.63) is 47.5 Å². The van der Waals surface area contributed by atoms with Gasteiger partial charge in [0.25, 0.3) is 0 Å². The number of alkyl halides is 1. The Labute approximate surface area is 264 Å². The van der Waals surface area contributed by atoms with Crippen LogP contribution in [0.1, 0.15) is 37.7 Å². The summed E-state index contributed by atoms with van der Waals surface area (Å²) in [7, 11) is 1.49. The van der Waals surface area contributed by atoms with Crippen LogP contribution in [-0.2, 0) is 0 Å². The highest BCUT2D eigenvalue weighted by Gasteiger charge is 2.49. The van der Waals surface area contributed by atoms with Crippen molar-refractivity contribution in [2.75, 3.05) is 44.8 Å². The lowest BCUT2D eigenvalue weighted by molar-refractivity contribution is 0.107. The van der Waals surface area contributed by atoms with Crippen LogP contribution in [0, 0.1) is 24.0 Å². The van der Waals surface area contributed by atoms with Crippen molar-refractivity contribution in [2.45, 2.75) is 55.9 Å². The number of ether oxygens (including phenoxy) is 2. The Hall–Kier alpha value is -4.27. The van der Waals surface area contributed by atoms with Crippen LogP contribution in [0.2, 0.25) is 0 Å². The summed E-state index contributed by atoms with van der Waals surface area (Å²) in [6.07, 6.45) is 9.00. The second kappa shape index (κ2) is 10.9. The molecule has 8 rings (SSSR count). The first-order chi connectivity index (χ1) is 22.3. The number of piperazine rings is 1. The molecule has 0 amide bonds. The number of benzene rings is 3. The van der Waals surface area contributed by atoms with Gasteiger partial charge >= 0.3 is 6.01 Å². The minimum atomic E-state index is -0.924. The average molecular weight is 630 g/mol. The number of aromatic hydroxyl groups is 1. The Bertz CT molecular complexity index is 1920. The fourth-order valence-corrected chi connectivity index (χ4v) is 8.26. The molecule has 4 fully saturated rings. The van der Waals surface area contributed by atoms with Crippen LogP contribution < -0.4 is 19.7 Å². The fourth-order valence-electron chi connectivity index (χ4n) is 8.26. The van der Waals surface area contributed by atoms with Crippen molar-refractivity contribution in [3.8, 4) is 41.0 Å². The van der Waals surface area contributed by atoms with Gasteiger partial charge in [-0.2, -0.15) is 9.97 Å². The molecule has 0 spiro atoms. The minimum Gasteiger partial charge on any atom is -0.508 e. The number of phenolic OH excluding ortho intramolecular Hbond substituents is 1. The van der Waals surface area contributed by atoms with E-state index in [1.165, 1.54) is 37.4 Å². The third-order valence-corrected chi connectivity index (χ3v) is 10.3. The second-order valence-corrected chi connectivity index (χ2v) is 13.1. The van der Waals surface area contributed by atoms with E-state index in [4.69, 9.17) is 20.9 Å². The van der Waals surface area contributed by atoms with Gasteiger partial charge < -0.3 is 24.8 Å². The SMILES string of the molecule is C#Cc1c(F)ccc2cc(O)cc(-c3cc(OC)c4c(N5CC6CCC(C5)N6)nc(OC[C@@]56CCCN5C[C@H](F)C6)nc4c3F)c12. The van der Waals surface area contributed by atoms with Crippen molar-refractivity contribution >= 4 is 27.5 Å². The van der Waals surface area contributed by atoms with Gasteiger partial charge in [0, 0.05) is 49.1 Å². The molecular formula is C35H34F3N5O3. The number of hydrogen-bond donors (Lipinski definition) is 2. The summed E-state index contributed by atoms with van der Waals surface area (Å²) in [5.41, 5.74) is -0.299. The summed E-state index contributed by atoms with van der Waals surface area (Å²) in [6, 6.07) is 7.59. The van der Waals surface area contributed by atoms with Gasteiger partial charge in [0.15, 0.2) is 5.82 Å². The van der Waals surface area contributed by atoms with Crippen molar-refractivity contribution in [1.82, 2.24) is 20.2 Å². The molecule has 4 aromatic rings. The molecule has 2 unspecified atom stereocenters. The number of hydrogen-bond acceptors (Lipinski definition) is 8. The largest absolute Gasteiger partial charge is 0.508 e. The molecule has 4 aliphatic heterocycles. The first-order valence-electron chi connectivity index (χ1n) is 15.8. The fraction of sp³-hybridized carbons (Fsp3) is 0.429. The molecule has 0 radical (unpaired) electrons. The molecule has 1 aromatic heterocycles.